The van der Waals surface area contributed by atoms with Crippen molar-refractivity contribution in [3.05, 3.63) is 77.4 Å². The molecule has 3 aromatic rings. The van der Waals surface area contributed by atoms with Crippen molar-refractivity contribution < 1.29 is 32.2 Å². The molecule has 3 heterocycles. The number of hydrogen-bond acceptors (Lipinski definition) is 8. The molecule has 2 aliphatic heterocycles. The van der Waals surface area contributed by atoms with Gasteiger partial charge in [-0.25, -0.2) is 4.79 Å². The van der Waals surface area contributed by atoms with Crippen LogP contribution in [0, 0.1) is 0 Å². The van der Waals surface area contributed by atoms with Crippen molar-refractivity contribution in [1.82, 2.24) is 29.6 Å². The van der Waals surface area contributed by atoms with E-state index in [1.54, 1.807) is 6.92 Å². The predicted octanol–water partition coefficient (Wildman–Crippen LogP) is 6.91. The Labute approximate surface area is 317 Å². The zero-order valence-electron chi connectivity index (χ0n) is 30.6. The highest BCUT2D eigenvalue weighted by Gasteiger charge is 2.44. The first-order valence-electron chi connectivity index (χ1n) is 17.3. The first kappa shape index (κ1) is 42.9. The van der Waals surface area contributed by atoms with Crippen molar-refractivity contribution in [3.8, 4) is 17.8 Å². The zero-order valence-corrected chi connectivity index (χ0v) is 32.2. The summed E-state index contributed by atoms with van der Waals surface area (Å²) in [5.74, 6) is -0.163. The number of piperazine rings is 2. The van der Waals surface area contributed by atoms with Gasteiger partial charge < -0.3 is 24.0 Å². The van der Waals surface area contributed by atoms with Crippen LogP contribution in [0.25, 0.3) is 0 Å². The summed E-state index contributed by atoms with van der Waals surface area (Å²) in [6.07, 6.45) is -4.57. The van der Waals surface area contributed by atoms with E-state index in [1.807, 2.05) is 73.9 Å². The van der Waals surface area contributed by atoms with Gasteiger partial charge in [0.25, 0.3) is 0 Å². The molecule has 15 heteroatoms. The molecule has 10 nitrogen and oxygen atoms in total. The van der Waals surface area contributed by atoms with Crippen LogP contribution >= 0.6 is 24.8 Å². The van der Waals surface area contributed by atoms with Crippen LogP contribution < -0.4 is 14.2 Å². The Balaban J connectivity index is 0.00000364. The minimum atomic E-state index is -4.57. The van der Waals surface area contributed by atoms with Crippen LogP contribution in [0.5, 0.6) is 17.8 Å². The maximum Gasteiger partial charge on any atom is 0.422 e. The first-order chi connectivity index (χ1) is 23.9. The molecule has 0 spiro atoms. The number of carbonyl (C=O) groups is 1. The minimum Gasteiger partial charge on any atom is -0.481 e. The molecule has 288 valence electrons. The molecule has 5 rings (SSSR count). The Morgan fingerprint density at radius 3 is 1.96 bits per heavy atom. The Morgan fingerprint density at radius 2 is 1.44 bits per heavy atom. The number of hydrogen-bond donors (Lipinski definition) is 0. The van der Waals surface area contributed by atoms with E-state index in [0.29, 0.717) is 38.3 Å². The van der Waals surface area contributed by atoms with E-state index in [-0.39, 0.29) is 91.9 Å². The number of halogens is 5. The van der Waals surface area contributed by atoms with Gasteiger partial charge in [-0.3, -0.25) is 9.80 Å². The lowest BCUT2D eigenvalue weighted by atomic mass is 9.81. The van der Waals surface area contributed by atoms with Gasteiger partial charge in [0.1, 0.15) is 0 Å². The first-order valence-corrected chi connectivity index (χ1v) is 17.3. The molecule has 2 fully saturated rings. The average molecular weight is 772 g/mol. The van der Waals surface area contributed by atoms with Crippen molar-refractivity contribution >= 4 is 30.8 Å². The largest absolute Gasteiger partial charge is 0.481 e. The Morgan fingerprint density at radius 1 is 0.865 bits per heavy atom. The second-order valence-corrected chi connectivity index (χ2v) is 13.4. The molecule has 1 aromatic heterocycles. The number of benzene rings is 2. The molecule has 0 aliphatic carbocycles. The fraction of sp³-hybridized carbons (Fsp3) is 0.541. The van der Waals surface area contributed by atoms with Crippen LogP contribution in [0.1, 0.15) is 57.2 Å². The van der Waals surface area contributed by atoms with Crippen LogP contribution in [0.2, 0.25) is 0 Å². The third kappa shape index (κ3) is 10.3. The Bertz CT molecular complexity index is 1510. The topological polar surface area (TPSA) is 83.5 Å². The fourth-order valence-electron chi connectivity index (χ4n) is 7.39. The van der Waals surface area contributed by atoms with Gasteiger partial charge in [0.05, 0.1) is 19.3 Å². The summed E-state index contributed by atoms with van der Waals surface area (Å²) in [4.78, 5) is 31.1. The lowest BCUT2D eigenvalue weighted by Crippen LogP contribution is -2.68. The average Bonchev–Trinajstić information content (AvgIpc) is 3.08. The van der Waals surface area contributed by atoms with E-state index < -0.39 is 12.8 Å². The van der Waals surface area contributed by atoms with Gasteiger partial charge in [0, 0.05) is 69.4 Å². The fourth-order valence-corrected chi connectivity index (χ4v) is 7.39. The third-order valence-corrected chi connectivity index (χ3v) is 9.31. The van der Waals surface area contributed by atoms with Gasteiger partial charge in [-0.1, -0.05) is 60.7 Å². The Hall–Kier alpha value is -3.52. The summed E-state index contributed by atoms with van der Waals surface area (Å²) in [6.45, 7) is 11.6. The lowest BCUT2D eigenvalue weighted by molar-refractivity contribution is -0.154. The highest BCUT2D eigenvalue weighted by Crippen LogP contribution is 2.38. The summed E-state index contributed by atoms with van der Waals surface area (Å²) in [5, 5.41) is 0. The van der Waals surface area contributed by atoms with Gasteiger partial charge in [0.15, 0.2) is 6.61 Å². The maximum atomic E-state index is 13.9. The van der Waals surface area contributed by atoms with Crippen LogP contribution in [-0.2, 0) is 6.54 Å². The van der Waals surface area contributed by atoms with E-state index in [9.17, 15) is 18.0 Å². The zero-order chi connectivity index (χ0) is 36.0. The van der Waals surface area contributed by atoms with Crippen LogP contribution in [0.15, 0.2) is 60.7 Å². The Kier molecular flexibility index (Phi) is 15.7. The van der Waals surface area contributed by atoms with Crippen molar-refractivity contribution in [1.29, 1.82) is 0 Å². The highest BCUT2D eigenvalue weighted by molar-refractivity contribution is 5.85. The number of aromatic nitrogens is 2. The summed E-state index contributed by atoms with van der Waals surface area (Å²) >= 11 is 0. The molecule has 0 saturated carbocycles. The second-order valence-electron chi connectivity index (χ2n) is 13.4. The van der Waals surface area contributed by atoms with E-state index in [2.05, 4.69) is 44.0 Å². The van der Waals surface area contributed by atoms with Gasteiger partial charge in [-0.15, -0.1) is 24.8 Å². The van der Waals surface area contributed by atoms with Gasteiger partial charge >= 0.3 is 18.2 Å². The van der Waals surface area contributed by atoms with Crippen molar-refractivity contribution in [2.75, 3.05) is 53.0 Å². The van der Waals surface area contributed by atoms with E-state index in [1.165, 1.54) is 7.11 Å². The van der Waals surface area contributed by atoms with Gasteiger partial charge in [-0.2, -0.15) is 23.1 Å². The number of fused-ring (bicyclic) bond motifs is 1. The molecule has 0 bridgehead atoms. The molecule has 1 unspecified atom stereocenters. The number of urea groups is 1. The molecule has 2 saturated heterocycles. The number of amides is 2. The molecular formula is C37H51Cl2F3N6O4. The third-order valence-electron chi connectivity index (χ3n) is 9.31. The molecule has 52 heavy (non-hydrogen) atoms. The van der Waals surface area contributed by atoms with Gasteiger partial charge in [0.2, 0.25) is 11.8 Å². The number of nitrogens with zero attached hydrogens (tertiary/aromatic N) is 6. The van der Waals surface area contributed by atoms with Crippen LogP contribution in [0.4, 0.5) is 18.0 Å². The van der Waals surface area contributed by atoms with Crippen LogP contribution in [-0.4, -0.2) is 119 Å². The molecule has 0 N–H and O–H groups in total. The molecule has 2 aromatic carbocycles. The molecular weight excluding hydrogens is 720 g/mol. The second kappa shape index (κ2) is 19.0. The molecule has 2 atom stereocenters. The van der Waals surface area contributed by atoms with Crippen molar-refractivity contribution in [2.45, 2.75) is 77.4 Å². The van der Waals surface area contributed by atoms with Gasteiger partial charge in [-0.05, 0) is 45.7 Å². The smallest absolute Gasteiger partial charge is 0.422 e. The summed E-state index contributed by atoms with van der Waals surface area (Å²) in [6, 6.07) is 20.6. The normalized spacial score (nSPS) is 18.0. The van der Waals surface area contributed by atoms with E-state index in [0.717, 1.165) is 11.1 Å². The predicted molar refractivity (Wildman–Crippen MR) is 199 cm³/mol. The number of alkyl halides is 3. The number of methoxy groups -OCH3 is 1. The minimum absolute atomic E-state index is 0. The summed E-state index contributed by atoms with van der Waals surface area (Å²) < 4.78 is 56.5. The standard InChI is InChI=1S/C37H49F3N6O4.2ClH/c1-7-49-35-41-33(48-6)30(34(42-35)50-24-37(38,39)40)22-43-20-29-21-44(36(47)46(25(2)3)26(4)5)18-19-45(29)31(23-43)32(27-14-10-8-11-15-27)28-16-12-9-13-17-28;;/h8-17,25-26,29,31-32H,7,18-24H2,1-6H3;2*1H/t29-,31?;;/m1../s1. The molecule has 0 radical (unpaired) electrons. The number of ether oxygens (including phenoxy) is 3. The molecule has 2 aliphatic rings. The lowest BCUT2D eigenvalue weighted by Gasteiger charge is -2.54. The maximum absolute atomic E-state index is 13.9. The molecule has 2 amide bonds. The summed E-state index contributed by atoms with van der Waals surface area (Å²) in [7, 11) is 1.41. The monoisotopic (exact) mass is 770 g/mol. The quantitative estimate of drug-likeness (QED) is 0.197. The SMILES string of the molecule is CCOc1nc(OC)c(CN2CC(C(c3ccccc3)c3ccccc3)N3CCN(C(=O)N(C(C)C)C(C)C)C[C@H]3C2)c(OCC(F)(F)F)n1.Cl.Cl. The highest BCUT2D eigenvalue weighted by atomic mass is 35.5. The van der Waals surface area contributed by atoms with E-state index >= 15 is 0 Å². The van der Waals surface area contributed by atoms with Crippen molar-refractivity contribution in [2.24, 2.45) is 0 Å². The number of carbonyl (C=O) groups excluding carboxylic acids is 1. The number of rotatable bonds is 12. The van der Waals surface area contributed by atoms with Crippen molar-refractivity contribution in [3.63, 3.8) is 0 Å². The van der Waals surface area contributed by atoms with E-state index in [4.69, 9.17) is 14.2 Å². The summed E-state index contributed by atoms with van der Waals surface area (Å²) in [5.41, 5.74) is 2.62. The van der Waals surface area contributed by atoms with Crippen LogP contribution in [0.3, 0.4) is 0 Å².